The molecule has 19 heavy (non-hydrogen) atoms. The molecule has 0 aliphatic carbocycles. The highest BCUT2D eigenvalue weighted by Crippen LogP contribution is 2.26. The van der Waals surface area contributed by atoms with E-state index in [0.717, 1.165) is 18.5 Å². The number of likely N-dealkylation sites (tertiary alicyclic amines) is 1. The molecule has 0 saturated carbocycles. The van der Waals surface area contributed by atoms with Crippen molar-refractivity contribution in [2.24, 2.45) is 5.92 Å². The van der Waals surface area contributed by atoms with Crippen LogP contribution < -0.4 is 5.73 Å². The number of hydrogen-bond donors (Lipinski definition) is 1. The first-order valence-corrected chi connectivity index (χ1v) is 6.31. The predicted octanol–water partition coefficient (Wildman–Crippen LogP) is 1.94. The van der Waals surface area contributed by atoms with E-state index in [1.807, 2.05) is 0 Å². The number of rotatable bonds is 4. The third kappa shape index (κ3) is 2.83. The molecule has 1 aromatic carbocycles. The lowest BCUT2D eigenvalue weighted by molar-refractivity contribution is -0.383. The molecular weight excluding hydrogens is 246 g/mol. The number of nitrogens with zero attached hydrogens (tertiary/aromatic N) is 2. The van der Waals surface area contributed by atoms with E-state index in [2.05, 4.69) is 6.92 Å². The molecule has 2 N–H and O–H groups in total. The van der Waals surface area contributed by atoms with Gasteiger partial charge in [0.15, 0.2) is 0 Å². The van der Waals surface area contributed by atoms with Gasteiger partial charge in [-0.2, -0.15) is 0 Å². The van der Waals surface area contributed by atoms with Gasteiger partial charge in [-0.25, -0.2) is 0 Å². The number of carbonyl (C=O) groups is 1. The van der Waals surface area contributed by atoms with Crippen molar-refractivity contribution in [3.63, 3.8) is 0 Å². The smallest absolute Gasteiger partial charge is 0.292 e. The number of nitro groups is 1. The lowest BCUT2D eigenvalue weighted by atomic mass is 10.1. The molecule has 1 aromatic rings. The minimum atomic E-state index is -0.507. The molecule has 6 heteroatoms. The Bertz CT molecular complexity index is 516. The Labute approximate surface area is 111 Å². The third-order valence-corrected chi connectivity index (χ3v) is 3.53. The average Bonchev–Trinajstić information content (AvgIpc) is 2.70. The molecule has 0 aromatic heterocycles. The molecule has 6 nitrogen and oxygen atoms in total. The highest BCUT2D eigenvalue weighted by molar-refractivity contribution is 5.78. The first-order chi connectivity index (χ1) is 9.01. The number of hydrogen-bond acceptors (Lipinski definition) is 4. The minimum absolute atomic E-state index is 0.0945. The standard InChI is InChI=1S/C13H17N3O3/c1-2-9-6-13(17)15(7-9)8-10-3-4-12(16(18)19)11(14)5-10/h3-5,9H,2,6-8,14H2,1H3. The maximum absolute atomic E-state index is 11.8. The van der Waals surface area contributed by atoms with E-state index in [1.165, 1.54) is 6.07 Å². The monoisotopic (exact) mass is 263 g/mol. The van der Waals surface area contributed by atoms with Gasteiger partial charge in [-0.15, -0.1) is 0 Å². The van der Waals surface area contributed by atoms with Crippen LogP contribution in [0.4, 0.5) is 11.4 Å². The first kappa shape index (κ1) is 13.3. The van der Waals surface area contributed by atoms with E-state index in [4.69, 9.17) is 5.73 Å². The summed E-state index contributed by atoms with van der Waals surface area (Å²) in [5.41, 5.74) is 6.51. The van der Waals surface area contributed by atoms with Gasteiger partial charge in [0.25, 0.3) is 5.69 Å². The van der Waals surface area contributed by atoms with Crippen molar-refractivity contribution in [1.29, 1.82) is 0 Å². The minimum Gasteiger partial charge on any atom is -0.393 e. The van der Waals surface area contributed by atoms with Gasteiger partial charge < -0.3 is 10.6 Å². The predicted molar refractivity (Wildman–Crippen MR) is 71.3 cm³/mol. The first-order valence-electron chi connectivity index (χ1n) is 6.31. The molecule has 1 heterocycles. The van der Waals surface area contributed by atoms with E-state index >= 15 is 0 Å². The number of nitrogens with two attached hydrogens (primary N) is 1. The summed E-state index contributed by atoms with van der Waals surface area (Å²) in [5, 5.41) is 10.7. The lowest BCUT2D eigenvalue weighted by Gasteiger charge is -2.16. The fourth-order valence-electron chi connectivity index (χ4n) is 2.37. The second-order valence-corrected chi connectivity index (χ2v) is 4.90. The topological polar surface area (TPSA) is 89.5 Å². The molecule has 0 radical (unpaired) electrons. The molecular formula is C13H17N3O3. The van der Waals surface area contributed by atoms with Crippen molar-refractivity contribution in [3.05, 3.63) is 33.9 Å². The van der Waals surface area contributed by atoms with E-state index in [-0.39, 0.29) is 17.3 Å². The molecule has 1 aliphatic rings. The second kappa shape index (κ2) is 5.26. The van der Waals surface area contributed by atoms with Gasteiger partial charge in [0.05, 0.1) is 4.92 Å². The summed E-state index contributed by atoms with van der Waals surface area (Å²) in [7, 11) is 0. The van der Waals surface area contributed by atoms with Crippen LogP contribution in [-0.2, 0) is 11.3 Å². The summed E-state index contributed by atoms with van der Waals surface area (Å²) in [6.45, 7) is 3.30. The Hall–Kier alpha value is -2.11. The number of benzene rings is 1. The second-order valence-electron chi connectivity index (χ2n) is 4.90. The SMILES string of the molecule is CCC1CC(=O)N(Cc2ccc([N+](=O)[O-])c(N)c2)C1. The molecule has 102 valence electrons. The van der Waals surface area contributed by atoms with E-state index < -0.39 is 4.92 Å². The van der Waals surface area contributed by atoms with Gasteiger partial charge in [0.1, 0.15) is 5.69 Å². The summed E-state index contributed by atoms with van der Waals surface area (Å²) < 4.78 is 0. The third-order valence-electron chi connectivity index (χ3n) is 3.53. The van der Waals surface area contributed by atoms with Crippen molar-refractivity contribution in [1.82, 2.24) is 4.90 Å². The van der Waals surface area contributed by atoms with Crippen LogP contribution in [0.15, 0.2) is 18.2 Å². The van der Waals surface area contributed by atoms with Crippen LogP contribution in [0.3, 0.4) is 0 Å². The maximum atomic E-state index is 11.8. The molecule has 1 unspecified atom stereocenters. The Kier molecular flexibility index (Phi) is 3.69. The van der Waals surface area contributed by atoms with Crippen LogP contribution in [0, 0.1) is 16.0 Å². The van der Waals surface area contributed by atoms with Crippen LogP contribution in [0.2, 0.25) is 0 Å². The van der Waals surface area contributed by atoms with E-state index in [0.29, 0.717) is 18.9 Å². The fourth-order valence-corrected chi connectivity index (χ4v) is 2.37. The molecule has 1 saturated heterocycles. The highest BCUT2D eigenvalue weighted by Gasteiger charge is 2.28. The largest absolute Gasteiger partial charge is 0.393 e. The number of nitrogen functional groups attached to an aromatic ring is 1. The summed E-state index contributed by atoms with van der Waals surface area (Å²) in [6.07, 6.45) is 1.59. The molecule has 0 spiro atoms. The van der Waals surface area contributed by atoms with Gasteiger partial charge in [-0.1, -0.05) is 19.4 Å². The highest BCUT2D eigenvalue weighted by atomic mass is 16.6. The van der Waals surface area contributed by atoms with Crippen molar-refractivity contribution in [2.45, 2.75) is 26.3 Å². The van der Waals surface area contributed by atoms with Crippen LogP contribution >= 0.6 is 0 Å². The lowest BCUT2D eigenvalue weighted by Crippen LogP contribution is -2.24. The van der Waals surface area contributed by atoms with Gasteiger partial charge >= 0.3 is 0 Å². The maximum Gasteiger partial charge on any atom is 0.292 e. The van der Waals surface area contributed by atoms with Crippen molar-refractivity contribution < 1.29 is 9.72 Å². The van der Waals surface area contributed by atoms with Crippen molar-refractivity contribution >= 4 is 17.3 Å². The summed E-state index contributed by atoms with van der Waals surface area (Å²) in [5.74, 6) is 0.562. The van der Waals surface area contributed by atoms with Gasteiger partial charge in [-0.05, 0) is 17.5 Å². The van der Waals surface area contributed by atoms with Crippen molar-refractivity contribution in [3.8, 4) is 0 Å². The average molecular weight is 263 g/mol. The fraction of sp³-hybridized carbons (Fsp3) is 0.462. The van der Waals surface area contributed by atoms with E-state index in [9.17, 15) is 14.9 Å². The molecule has 0 bridgehead atoms. The quantitative estimate of drug-likeness (QED) is 0.510. The molecule has 1 fully saturated rings. The zero-order chi connectivity index (χ0) is 14.0. The zero-order valence-electron chi connectivity index (χ0n) is 10.8. The summed E-state index contributed by atoms with van der Waals surface area (Å²) >= 11 is 0. The van der Waals surface area contributed by atoms with Crippen molar-refractivity contribution in [2.75, 3.05) is 12.3 Å². The summed E-state index contributed by atoms with van der Waals surface area (Å²) in [6, 6.07) is 4.62. The van der Waals surface area contributed by atoms with Crippen LogP contribution in [0.5, 0.6) is 0 Å². The Balaban J connectivity index is 2.10. The van der Waals surface area contributed by atoms with E-state index in [1.54, 1.807) is 17.0 Å². The summed E-state index contributed by atoms with van der Waals surface area (Å²) in [4.78, 5) is 23.7. The Morgan fingerprint density at radius 1 is 1.53 bits per heavy atom. The van der Waals surface area contributed by atoms with Crippen LogP contribution in [-0.4, -0.2) is 22.3 Å². The Morgan fingerprint density at radius 2 is 2.26 bits per heavy atom. The molecule has 1 atom stereocenters. The molecule has 1 aliphatic heterocycles. The number of carbonyl (C=O) groups excluding carboxylic acids is 1. The van der Waals surface area contributed by atoms with Gasteiger partial charge in [0.2, 0.25) is 5.91 Å². The normalized spacial score (nSPS) is 18.9. The number of anilines is 1. The zero-order valence-corrected chi connectivity index (χ0v) is 10.8. The van der Waals surface area contributed by atoms with Gasteiger partial charge in [-0.3, -0.25) is 14.9 Å². The number of nitro benzene ring substituents is 1. The number of amides is 1. The van der Waals surface area contributed by atoms with Gasteiger partial charge in [0, 0.05) is 25.6 Å². The van der Waals surface area contributed by atoms with Crippen LogP contribution in [0.1, 0.15) is 25.3 Å². The Morgan fingerprint density at radius 3 is 2.79 bits per heavy atom. The molecule has 1 amide bonds. The van der Waals surface area contributed by atoms with Crippen LogP contribution in [0.25, 0.3) is 0 Å². The molecule has 2 rings (SSSR count).